The predicted octanol–water partition coefficient (Wildman–Crippen LogP) is 4.05. The van der Waals surface area contributed by atoms with Gasteiger partial charge >= 0.3 is 0 Å². The summed E-state index contributed by atoms with van der Waals surface area (Å²) in [5, 5.41) is 2.97. The van der Waals surface area contributed by atoms with Gasteiger partial charge in [-0.2, -0.15) is 4.31 Å². The molecule has 2 aromatic carbocycles. The minimum Gasteiger partial charge on any atom is -0.346 e. The summed E-state index contributed by atoms with van der Waals surface area (Å²) < 4.78 is 27.8. The normalized spacial score (nSPS) is 19.2. The monoisotopic (exact) mass is 400 g/mol. The maximum Gasteiger partial charge on any atom is 0.252 e. The van der Waals surface area contributed by atoms with Crippen molar-refractivity contribution in [2.75, 3.05) is 6.54 Å². The Kier molecular flexibility index (Phi) is 6.20. The van der Waals surface area contributed by atoms with E-state index in [1.165, 1.54) is 6.07 Å². The Morgan fingerprint density at radius 3 is 2.54 bits per heavy atom. The van der Waals surface area contributed by atoms with Crippen LogP contribution in [0.5, 0.6) is 0 Å². The Morgan fingerprint density at radius 1 is 1.14 bits per heavy atom. The van der Waals surface area contributed by atoms with Crippen molar-refractivity contribution < 1.29 is 13.2 Å². The summed E-state index contributed by atoms with van der Waals surface area (Å²) in [7, 11) is -3.61. The van der Waals surface area contributed by atoms with Crippen molar-refractivity contribution in [2.24, 2.45) is 0 Å². The zero-order valence-corrected chi connectivity index (χ0v) is 17.5. The number of piperidine rings is 1. The standard InChI is InChI=1S/C22H28N2O3S/c1-16-12-13-20(28(26,27)24-14-8-7-9-17(24)2)15-21(16)22(25)23-18(3)19-10-5-4-6-11-19/h4-6,10-13,15,17-18H,7-9,14H2,1-3H3,(H,23,25). The lowest BCUT2D eigenvalue weighted by molar-refractivity contribution is 0.0939. The summed E-state index contributed by atoms with van der Waals surface area (Å²) in [5.74, 6) is -0.266. The van der Waals surface area contributed by atoms with Crippen LogP contribution < -0.4 is 5.32 Å². The van der Waals surface area contributed by atoms with Gasteiger partial charge < -0.3 is 5.32 Å². The van der Waals surface area contributed by atoms with Crippen LogP contribution in [0.4, 0.5) is 0 Å². The molecule has 1 N–H and O–H groups in total. The minimum absolute atomic E-state index is 0.0181. The summed E-state index contributed by atoms with van der Waals surface area (Å²) in [6.45, 7) is 6.21. The molecule has 3 rings (SSSR count). The number of nitrogens with zero attached hydrogens (tertiary/aromatic N) is 1. The molecule has 0 bridgehead atoms. The molecule has 0 spiro atoms. The summed E-state index contributed by atoms with van der Waals surface area (Å²) in [6.07, 6.45) is 2.79. The SMILES string of the molecule is Cc1ccc(S(=O)(=O)N2CCCCC2C)cc1C(=O)NC(C)c1ccccc1. The Labute approximate surface area is 167 Å². The highest BCUT2D eigenvalue weighted by Crippen LogP contribution is 2.26. The molecular formula is C22H28N2O3S. The van der Waals surface area contributed by atoms with Gasteiger partial charge in [-0.05, 0) is 56.9 Å². The van der Waals surface area contributed by atoms with Crippen LogP contribution in [0, 0.1) is 6.92 Å². The number of carbonyl (C=O) groups excluding carboxylic acids is 1. The highest BCUT2D eigenvalue weighted by atomic mass is 32.2. The molecule has 2 unspecified atom stereocenters. The molecule has 1 aliphatic heterocycles. The molecule has 1 fully saturated rings. The first-order valence-electron chi connectivity index (χ1n) is 9.79. The van der Waals surface area contributed by atoms with Gasteiger partial charge in [-0.3, -0.25) is 4.79 Å². The van der Waals surface area contributed by atoms with E-state index in [0.29, 0.717) is 12.1 Å². The van der Waals surface area contributed by atoms with Gasteiger partial charge in [0.15, 0.2) is 0 Å². The number of carbonyl (C=O) groups is 1. The van der Waals surface area contributed by atoms with Gasteiger partial charge in [0, 0.05) is 18.2 Å². The van der Waals surface area contributed by atoms with E-state index in [9.17, 15) is 13.2 Å². The van der Waals surface area contributed by atoms with Gasteiger partial charge in [-0.15, -0.1) is 0 Å². The summed E-state index contributed by atoms with van der Waals surface area (Å²) >= 11 is 0. The van der Waals surface area contributed by atoms with Crippen LogP contribution >= 0.6 is 0 Å². The summed E-state index contributed by atoms with van der Waals surface area (Å²) in [4.78, 5) is 13.0. The fourth-order valence-corrected chi connectivity index (χ4v) is 5.40. The first kappa shape index (κ1) is 20.6. The number of sulfonamides is 1. The summed E-state index contributed by atoms with van der Waals surface area (Å²) in [5.41, 5.74) is 2.15. The molecule has 0 saturated carbocycles. The number of rotatable bonds is 5. The zero-order valence-electron chi connectivity index (χ0n) is 16.7. The Balaban J connectivity index is 1.86. The van der Waals surface area contributed by atoms with E-state index in [2.05, 4.69) is 5.32 Å². The van der Waals surface area contributed by atoms with Crippen molar-refractivity contribution in [1.29, 1.82) is 0 Å². The molecule has 2 aromatic rings. The van der Waals surface area contributed by atoms with Crippen molar-refractivity contribution >= 4 is 15.9 Å². The molecule has 1 amide bonds. The smallest absolute Gasteiger partial charge is 0.252 e. The third-order valence-corrected chi connectivity index (χ3v) is 7.46. The van der Waals surface area contributed by atoms with Gasteiger partial charge in [0.1, 0.15) is 0 Å². The van der Waals surface area contributed by atoms with Crippen LogP contribution in [0.1, 0.15) is 60.6 Å². The number of benzene rings is 2. The lowest BCUT2D eigenvalue weighted by Gasteiger charge is -2.32. The number of hydrogen-bond donors (Lipinski definition) is 1. The maximum atomic E-state index is 13.1. The molecule has 28 heavy (non-hydrogen) atoms. The second kappa shape index (κ2) is 8.45. The molecule has 0 aromatic heterocycles. The average Bonchev–Trinajstić information content (AvgIpc) is 2.69. The van der Waals surface area contributed by atoms with E-state index in [-0.39, 0.29) is 22.9 Å². The Morgan fingerprint density at radius 2 is 1.86 bits per heavy atom. The van der Waals surface area contributed by atoms with Crippen molar-refractivity contribution in [3.8, 4) is 0 Å². The number of nitrogens with one attached hydrogen (secondary N) is 1. The van der Waals surface area contributed by atoms with E-state index in [1.54, 1.807) is 16.4 Å². The zero-order chi connectivity index (χ0) is 20.3. The number of aryl methyl sites for hydroxylation is 1. The van der Waals surface area contributed by atoms with Gasteiger partial charge in [0.2, 0.25) is 10.0 Å². The largest absolute Gasteiger partial charge is 0.346 e. The lowest BCUT2D eigenvalue weighted by atomic mass is 10.1. The Hall–Kier alpha value is -2.18. The fraction of sp³-hybridized carbons (Fsp3) is 0.409. The van der Waals surface area contributed by atoms with Crippen molar-refractivity contribution in [3.05, 3.63) is 65.2 Å². The van der Waals surface area contributed by atoms with E-state index in [1.807, 2.05) is 51.1 Å². The van der Waals surface area contributed by atoms with Gasteiger partial charge in [0.05, 0.1) is 10.9 Å². The second-order valence-corrected chi connectivity index (χ2v) is 9.43. The topological polar surface area (TPSA) is 66.5 Å². The average molecular weight is 401 g/mol. The van der Waals surface area contributed by atoms with Crippen LogP contribution in [-0.2, 0) is 10.0 Å². The molecule has 150 valence electrons. The van der Waals surface area contributed by atoms with Crippen LogP contribution in [0.25, 0.3) is 0 Å². The van der Waals surface area contributed by atoms with E-state index in [4.69, 9.17) is 0 Å². The molecule has 1 aliphatic rings. The fourth-order valence-electron chi connectivity index (χ4n) is 3.67. The quantitative estimate of drug-likeness (QED) is 0.823. The van der Waals surface area contributed by atoms with Crippen LogP contribution in [0.3, 0.4) is 0 Å². The first-order chi connectivity index (χ1) is 13.3. The Bertz CT molecular complexity index is 942. The van der Waals surface area contributed by atoms with E-state index < -0.39 is 10.0 Å². The maximum absolute atomic E-state index is 13.1. The van der Waals surface area contributed by atoms with Crippen LogP contribution in [-0.4, -0.2) is 31.2 Å². The van der Waals surface area contributed by atoms with Gasteiger partial charge in [-0.1, -0.05) is 42.8 Å². The van der Waals surface area contributed by atoms with Gasteiger partial charge in [0.25, 0.3) is 5.91 Å². The molecule has 1 saturated heterocycles. The summed E-state index contributed by atoms with van der Waals surface area (Å²) in [6, 6.07) is 14.3. The molecule has 0 radical (unpaired) electrons. The van der Waals surface area contributed by atoms with Crippen molar-refractivity contribution in [1.82, 2.24) is 9.62 Å². The second-order valence-electron chi connectivity index (χ2n) is 7.54. The predicted molar refractivity (Wildman–Crippen MR) is 111 cm³/mol. The highest BCUT2D eigenvalue weighted by Gasteiger charge is 2.31. The number of amides is 1. The first-order valence-corrected chi connectivity index (χ1v) is 11.2. The molecule has 6 heteroatoms. The molecule has 5 nitrogen and oxygen atoms in total. The van der Waals surface area contributed by atoms with Crippen LogP contribution in [0.15, 0.2) is 53.4 Å². The molecule has 1 heterocycles. The van der Waals surface area contributed by atoms with E-state index in [0.717, 1.165) is 30.4 Å². The van der Waals surface area contributed by atoms with Gasteiger partial charge in [-0.25, -0.2) is 8.42 Å². The molecular weight excluding hydrogens is 372 g/mol. The third-order valence-electron chi connectivity index (χ3n) is 5.45. The van der Waals surface area contributed by atoms with Crippen molar-refractivity contribution in [2.45, 2.75) is 57.0 Å². The van der Waals surface area contributed by atoms with E-state index >= 15 is 0 Å². The third kappa shape index (κ3) is 4.28. The highest BCUT2D eigenvalue weighted by molar-refractivity contribution is 7.89. The molecule has 2 atom stereocenters. The lowest BCUT2D eigenvalue weighted by Crippen LogP contribution is -2.42. The number of hydrogen-bond acceptors (Lipinski definition) is 3. The minimum atomic E-state index is -3.61. The van der Waals surface area contributed by atoms with Crippen molar-refractivity contribution in [3.63, 3.8) is 0 Å². The molecule has 0 aliphatic carbocycles. The van der Waals surface area contributed by atoms with Crippen LogP contribution in [0.2, 0.25) is 0 Å².